The monoisotopic (exact) mass is 379 g/mol. The summed E-state index contributed by atoms with van der Waals surface area (Å²) >= 11 is 5.40. The first-order valence-electron chi connectivity index (χ1n) is 8.40. The Morgan fingerprint density at radius 2 is 1.41 bits per heavy atom. The van der Waals surface area contributed by atoms with Crippen molar-refractivity contribution in [2.24, 2.45) is 0 Å². The lowest BCUT2D eigenvalue weighted by molar-refractivity contribution is 0.395. The third-order valence-electron chi connectivity index (χ3n) is 3.86. The van der Waals surface area contributed by atoms with Crippen molar-refractivity contribution in [2.45, 2.75) is 0 Å². The maximum atomic E-state index is 5.40. The van der Waals surface area contributed by atoms with Gasteiger partial charge in [0.15, 0.2) is 5.11 Å². The van der Waals surface area contributed by atoms with E-state index in [-0.39, 0.29) is 0 Å². The summed E-state index contributed by atoms with van der Waals surface area (Å²) in [6, 6.07) is 23.4. The van der Waals surface area contributed by atoms with Crippen molar-refractivity contribution in [3.05, 3.63) is 72.8 Å². The molecule has 0 aromatic heterocycles. The smallest absolute Gasteiger partial charge is 0.175 e. The minimum Gasteiger partial charge on any atom is -0.497 e. The fourth-order valence-corrected chi connectivity index (χ4v) is 2.74. The fraction of sp³-hybridized carbons (Fsp3) is 0.0952. The van der Waals surface area contributed by atoms with Crippen LogP contribution in [0.5, 0.6) is 11.5 Å². The highest BCUT2D eigenvalue weighted by molar-refractivity contribution is 7.80. The van der Waals surface area contributed by atoms with Gasteiger partial charge in [0.1, 0.15) is 11.5 Å². The van der Waals surface area contributed by atoms with Gasteiger partial charge in [0.05, 0.1) is 19.9 Å². The molecule has 3 N–H and O–H groups in total. The van der Waals surface area contributed by atoms with Gasteiger partial charge in [-0.25, -0.2) is 0 Å². The lowest BCUT2D eigenvalue weighted by atomic mass is 10.2. The lowest BCUT2D eigenvalue weighted by Crippen LogP contribution is -2.19. The second-order valence-corrected chi connectivity index (χ2v) is 6.12. The van der Waals surface area contributed by atoms with Crippen molar-refractivity contribution in [3.63, 3.8) is 0 Å². The van der Waals surface area contributed by atoms with Crippen LogP contribution < -0.4 is 25.4 Å². The van der Waals surface area contributed by atoms with Crippen molar-refractivity contribution >= 4 is 40.1 Å². The summed E-state index contributed by atoms with van der Waals surface area (Å²) in [6.07, 6.45) is 0. The normalized spacial score (nSPS) is 10.0. The van der Waals surface area contributed by atoms with Crippen molar-refractivity contribution in [1.29, 1.82) is 0 Å². The molecule has 27 heavy (non-hydrogen) atoms. The SMILES string of the molecule is COc1ccc(NC(=S)Nc2ccc(Nc3ccccc3)cc2)c(OC)c1. The Bertz CT molecular complexity index is 899. The zero-order valence-corrected chi connectivity index (χ0v) is 16.0. The van der Waals surface area contributed by atoms with Crippen molar-refractivity contribution in [3.8, 4) is 11.5 Å². The molecule has 0 aliphatic heterocycles. The van der Waals surface area contributed by atoms with Crippen LogP contribution in [0.25, 0.3) is 0 Å². The first-order valence-corrected chi connectivity index (χ1v) is 8.81. The molecule has 3 aromatic rings. The Kier molecular flexibility index (Phi) is 6.12. The molecule has 3 aromatic carbocycles. The molecule has 0 saturated heterocycles. The van der Waals surface area contributed by atoms with Gasteiger partial charge in [0, 0.05) is 23.1 Å². The molecule has 0 saturated carbocycles. The van der Waals surface area contributed by atoms with Gasteiger partial charge in [0.25, 0.3) is 0 Å². The molecule has 0 aliphatic rings. The summed E-state index contributed by atoms with van der Waals surface area (Å²) in [5.41, 5.74) is 3.70. The van der Waals surface area contributed by atoms with E-state index in [1.807, 2.05) is 66.7 Å². The van der Waals surface area contributed by atoms with Crippen molar-refractivity contribution < 1.29 is 9.47 Å². The molecule has 0 fully saturated rings. The lowest BCUT2D eigenvalue weighted by Gasteiger charge is -2.14. The van der Waals surface area contributed by atoms with Crippen LogP contribution in [0.15, 0.2) is 72.8 Å². The van der Waals surface area contributed by atoms with Gasteiger partial charge in [-0.05, 0) is 60.7 Å². The molecular formula is C21H21N3O2S. The molecule has 0 atom stereocenters. The predicted molar refractivity (Wildman–Crippen MR) is 116 cm³/mol. The molecule has 0 heterocycles. The van der Waals surface area contributed by atoms with Gasteiger partial charge in [-0.3, -0.25) is 0 Å². The van der Waals surface area contributed by atoms with Crippen LogP contribution in [0.2, 0.25) is 0 Å². The Balaban J connectivity index is 1.61. The largest absolute Gasteiger partial charge is 0.497 e. The summed E-state index contributed by atoms with van der Waals surface area (Å²) in [6.45, 7) is 0. The number of anilines is 4. The second-order valence-electron chi connectivity index (χ2n) is 5.71. The van der Waals surface area contributed by atoms with Gasteiger partial charge in [-0.1, -0.05) is 18.2 Å². The zero-order chi connectivity index (χ0) is 19.1. The topological polar surface area (TPSA) is 54.5 Å². The third kappa shape index (κ3) is 5.12. The maximum absolute atomic E-state index is 5.40. The van der Waals surface area contributed by atoms with Crippen molar-refractivity contribution in [2.75, 3.05) is 30.2 Å². The van der Waals surface area contributed by atoms with Crippen LogP contribution in [0.1, 0.15) is 0 Å². The molecule has 5 nitrogen and oxygen atoms in total. The minimum atomic E-state index is 0.474. The molecule has 3 rings (SSSR count). The molecule has 0 unspecified atom stereocenters. The molecule has 0 amide bonds. The van der Waals surface area contributed by atoms with Crippen molar-refractivity contribution in [1.82, 2.24) is 0 Å². The highest BCUT2D eigenvalue weighted by Crippen LogP contribution is 2.29. The molecule has 0 spiro atoms. The van der Waals surface area contributed by atoms with E-state index >= 15 is 0 Å². The van der Waals surface area contributed by atoms with Crippen LogP contribution in [0.4, 0.5) is 22.7 Å². The van der Waals surface area contributed by atoms with E-state index in [9.17, 15) is 0 Å². The van der Waals surface area contributed by atoms with E-state index in [1.54, 1.807) is 20.3 Å². The minimum absolute atomic E-state index is 0.474. The highest BCUT2D eigenvalue weighted by atomic mass is 32.1. The number of hydrogen-bond acceptors (Lipinski definition) is 4. The number of hydrogen-bond donors (Lipinski definition) is 3. The summed E-state index contributed by atoms with van der Waals surface area (Å²) in [5.74, 6) is 1.37. The van der Waals surface area contributed by atoms with Gasteiger partial charge in [0.2, 0.25) is 0 Å². The first-order chi connectivity index (χ1) is 13.2. The molecule has 0 radical (unpaired) electrons. The molecule has 0 bridgehead atoms. The first kappa shape index (κ1) is 18.5. The van der Waals surface area contributed by atoms with Gasteiger partial charge >= 0.3 is 0 Å². The van der Waals surface area contributed by atoms with Crippen LogP contribution in [-0.2, 0) is 0 Å². The van der Waals surface area contributed by atoms with E-state index in [1.165, 1.54) is 0 Å². The Labute approximate surface area is 164 Å². The van der Waals surface area contributed by atoms with Crippen LogP contribution in [0, 0.1) is 0 Å². The summed E-state index contributed by atoms with van der Waals surface area (Å²) < 4.78 is 10.6. The number of nitrogens with one attached hydrogen (secondary N) is 3. The second kappa shape index (κ2) is 8.91. The fourth-order valence-electron chi connectivity index (χ4n) is 2.51. The Hall–Kier alpha value is -3.25. The summed E-state index contributed by atoms with van der Waals surface area (Å²) in [4.78, 5) is 0. The molecular weight excluding hydrogens is 358 g/mol. The average molecular weight is 379 g/mol. The number of ether oxygens (including phenoxy) is 2. The van der Waals surface area contributed by atoms with E-state index < -0.39 is 0 Å². The summed E-state index contributed by atoms with van der Waals surface area (Å²) in [5, 5.41) is 10.1. The van der Waals surface area contributed by atoms with E-state index in [4.69, 9.17) is 21.7 Å². The van der Waals surface area contributed by atoms with Crippen LogP contribution in [-0.4, -0.2) is 19.3 Å². The Morgan fingerprint density at radius 3 is 2.07 bits per heavy atom. The van der Waals surface area contributed by atoms with E-state index in [0.29, 0.717) is 10.9 Å². The van der Waals surface area contributed by atoms with Gasteiger partial charge in [-0.2, -0.15) is 0 Å². The zero-order valence-electron chi connectivity index (χ0n) is 15.2. The maximum Gasteiger partial charge on any atom is 0.175 e. The number of benzene rings is 3. The number of rotatable bonds is 6. The summed E-state index contributed by atoms with van der Waals surface area (Å²) in [7, 11) is 3.22. The van der Waals surface area contributed by atoms with Gasteiger partial charge < -0.3 is 25.4 Å². The van der Waals surface area contributed by atoms with E-state index in [0.717, 1.165) is 28.5 Å². The number of thiocarbonyl (C=S) groups is 1. The molecule has 0 aliphatic carbocycles. The molecule has 6 heteroatoms. The van der Waals surface area contributed by atoms with Crippen LogP contribution in [0.3, 0.4) is 0 Å². The predicted octanol–water partition coefficient (Wildman–Crippen LogP) is 5.26. The standard InChI is InChI=1S/C21H21N3O2S/c1-25-18-12-13-19(20(14-18)26-2)24-21(27)23-17-10-8-16(9-11-17)22-15-6-4-3-5-7-15/h3-14,22H,1-2H3,(H2,23,24,27). The van der Waals surface area contributed by atoms with E-state index in [2.05, 4.69) is 16.0 Å². The van der Waals surface area contributed by atoms with Crippen LogP contribution >= 0.6 is 12.2 Å². The number of methoxy groups -OCH3 is 2. The number of para-hydroxylation sites is 1. The molecule has 138 valence electrons. The average Bonchev–Trinajstić information content (AvgIpc) is 2.70. The highest BCUT2D eigenvalue weighted by Gasteiger charge is 2.07. The van der Waals surface area contributed by atoms with Gasteiger partial charge in [-0.15, -0.1) is 0 Å². The third-order valence-corrected chi connectivity index (χ3v) is 4.07. The Morgan fingerprint density at radius 1 is 0.741 bits per heavy atom. The quantitative estimate of drug-likeness (QED) is 0.508.